The maximum atomic E-state index is 12.4. The van der Waals surface area contributed by atoms with Gasteiger partial charge in [-0.3, -0.25) is 4.98 Å². The van der Waals surface area contributed by atoms with Gasteiger partial charge in [0.05, 0.1) is 17.7 Å². The number of nitrogens with zero attached hydrogens (tertiary/aromatic N) is 1. The van der Waals surface area contributed by atoms with Crippen LogP contribution >= 0.6 is 12.4 Å². The van der Waals surface area contributed by atoms with Gasteiger partial charge in [-0.25, -0.2) is 13.1 Å². The standard InChI is InChI=1S/C14H12N2O3S.ClH/c17-20(18,16-10-12-4-2-8-19-12)14-5-1-3-11-9-15-7-6-13(11)14;/h1-9,16H,10H2;1H. The van der Waals surface area contributed by atoms with E-state index in [1.807, 2.05) is 6.07 Å². The van der Waals surface area contributed by atoms with E-state index in [2.05, 4.69) is 9.71 Å². The Labute approximate surface area is 128 Å². The predicted octanol–water partition coefficient (Wildman–Crippen LogP) is 2.73. The van der Waals surface area contributed by atoms with Crippen LogP contribution in [-0.4, -0.2) is 13.4 Å². The zero-order chi connectivity index (χ0) is 14.0. The lowest BCUT2D eigenvalue weighted by atomic mass is 10.2. The van der Waals surface area contributed by atoms with Crippen molar-refractivity contribution in [2.45, 2.75) is 11.4 Å². The molecule has 0 aliphatic rings. The van der Waals surface area contributed by atoms with Crippen LogP contribution in [-0.2, 0) is 16.6 Å². The van der Waals surface area contributed by atoms with Crippen LogP contribution in [0.3, 0.4) is 0 Å². The normalized spacial score (nSPS) is 11.2. The van der Waals surface area contributed by atoms with Gasteiger partial charge in [-0.05, 0) is 24.3 Å². The Morgan fingerprint density at radius 3 is 2.76 bits per heavy atom. The molecule has 0 unspecified atom stereocenters. The molecule has 0 bridgehead atoms. The molecule has 0 aliphatic heterocycles. The molecule has 21 heavy (non-hydrogen) atoms. The van der Waals surface area contributed by atoms with E-state index in [1.54, 1.807) is 42.7 Å². The molecule has 0 saturated carbocycles. The van der Waals surface area contributed by atoms with Crippen LogP contribution in [0.4, 0.5) is 0 Å². The highest BCUT2D eigenvalue weighted by atomic mass is 35.5. The first kappa shape index (κ1) is 15.5. The molecule has 0 atom stereocenters. The van der Waals surface area contributed by atoms with Gasteiger partial charge in [0.25, 0.3) is 0 Å². The van der Waals surface area contributed by atoms with Crippen molar-refractivity contribution in [2.75, 3.05) is 0 Å². The van der Waals surface area contributed by atoms with Gasteiger partial charge in [0, 0.05) is 23.2 Å². The van der Waals surface area contributed by atoms with Crippen LogP contribution in [0.1, 0.15) is 5.76 Å². The minimum absolute atomic E-state index is 0. The molecular formula is C14H13ClN2O3S. The molecule has 110 valence electrons. The Kier molecular flexibility index (Phi) is 4.62. The number of aromatic nitrogens is 1. The van der Waals surface area contributed by atoms with E-state index < -0.39 is 10.0 Å². The molecule has 0 amide bonds. The van der Waals surface area contributed by atoms with Gasteiger partial charge in [-0.2, -0.15) is 0 Å². The Hall–Kier alpha value is -1.89. The number of halogens is 1. The smallest absolute Gasteiger partial charge is 0.241 e. The Morgan fingerprint density at radius 2 is 2.00 bits per heavy atom. The van der Waals surface area contributed by atoms with Gasteiger partial charge in [0.1, 0.15) is 5.76 Å². The van der Waals surface area contributed by atoms with Gasteiger partial charge < -0.3 is 4.42 Å². The fourth-order valence-corrected chi connectivity index (χ4v) is 3.21. The lowest BCUT2D eigenvalue weighted by Crippen LogP contribution is -2.23. The zero-order valence-electron chi connectivity index (χ0n) is 10.9. The molecule has 0 aliphatic carbocycles. The van der Waals surface area contributed by atoms with Crippen LogP contribution in [0, 0.1) is 0 Å². The van der Waals surface area contributed by atoms with Crippen molar-refractivity contribution < 1.29 is 12.8 Å². The summed E-state index contributed by atoms with van der Waals surface area (Å²) >= 11 is 0. The van der Waals surface area contributed by atoms with Crippen molar-refractivity contribution in [3.8, 4) is 0 Å². The average molecular weight is 325 g/mol. The van der Waals surface area contributed by atoms with Gasteiger partial charge in [-0.1, -0.05) is 12.1 Å². The molecule has 2 aromatic heterocycles. The van der Waals surface area contributed by atoms with E-state index in [0.29, 0.717) is 11.1 Å². The number of nitrogens with one attached hydrogen (secondary N) is 1. The molecule has 3 aromatic rings. The van der Waals surface area contributed by atoms with E-state index >= 15 is 0 Å². The molecule has 3 rings (SSSR count). The maximum Gasteiger partial charge on any atom is 0.241 e. The fraction of sp³-hybridized carbons (Fsp3) is 0.0714. The van der Waals surface area contributed by atoms with Crippen molar-refractivity contribution in [1.29, 1.82) is 0 Å². The van der Waals surface area contributed by atoms with Crippen LogP contribution in [0.2, 0.25) is 0 Å². The Balaban J connectivity index is 0.00000161. The highest BCUT2D eigenvalue weighted by molar-refractivity contribution is 7.89. The quantitative estimate of drug-likeness (QED) is 0.801. The summed E-state index contributed by atoms with van der Waals surface area (Å²) in [5.41, 5.74) is 0. The molecule has 0 radical (unpaired) electrons. The minimum atomic E-state index is -3.60. The number of furan rings is 1. The largest absolute Gasteiger partial charge is 0.468 e. The number of hydrogen-bond acceptors (Lipinski definition) is 4. The molecule has 1 N–H and O–H groups in total. The SMILES string of the molecule is Cl.O=S(=O)(NCc1ccco1)c1cccc2cnccc12. The zero-order valence-corrected chi connectivity index (χ0v) is 12.5. The third-order valence-corrected chi connectivity index (χ3v) is 4.41. The molecular weight excluding hydrogens is 312 g/mol. The first-order valence-corrected chi connectivity index (χ1v) is 7.50. The molecule has 0 saturated heterocycles. The monoisotopic (exact) mass is 324 g/mol. The summed E-state index contributed by atoms with van der Waals surface area (Å²) in [5, 5.41) is 1.43. The maximum absolute atomic E-state index is 12.4. The van der Waals surface area contributed by atoms with E-state index in [9.17, 15) is 8.42 Å². The number of hydrogen-bond donors (Lipinski definition) is 1. The summed E-state index contributed by atoms with van der Waals surface area (Å²) in [7, 11) is -3.60. The van der Waals surface area contributed by atoms with Crippen LogP contribution in [0.5, 0.6) is 0 Å². The highest BCUT2D eigenvalue weighted by Crippen LogP contribution is 2.21. The summed E-state index contributed by atoms with van der Waals surface area (Å²) in [4.78, 5) is 4.23. The topological polar surface area (TPSA) is 72.2 Å². The average Bonchev–Trinajstić information content (AvgIpc) is 2.98. The third kappa shape index (κ3) is 3.24. The number of rotatable bonds is 4. The Morgan fingerprint density at radius 1 is 1.14 bits per heavy atom. The van der Waals surface area contributed by atoms with Crippen LogP contribution in [0.25, 0.3) is 10.8 Å². The van der Waals surface area contributed by atoms with Crippen molar-refractivity contribution in [3.63, 3.8) is 0 Å². The predicted molar refractivity (Wildman–Crippen MR) is 81.7 cm³/mol. The number of sulfonamides is 1. The second-order valence-electron chi connectivity index (χ2n) is 4.26. The molecule has 7 heteroatoms. The summed E-state index contributed by atoms with van der Waals surface area (Å²) in [6.45, 7) is 0.122. The van der Waals surface area contributed by atoms with Gasteiger partial charge >= 0.3 is 0 Å². The lowest BCUT2D eigenvalue weighted by Gasteiger charge is -2.08. The van der Waals surface area contributed by atoms with E-state index in [0.717, 1.165) is 5.39 Å². The van der Waals surface area contributed by atoms with Crippen LogP contribution < -0.4 is 4.72 Å². The summed E-state index contributed by atoms with van der Waals surface area (Å²) < 4.78 is 32.4. The second kappa shape index (κ2) is 6.26. The number of fused-ring (bicyclic) bond motifs is 1. The second-order valence-corrected chi connectivity index (χ2v) is 5.99. The molecule has 0 fully saturated rings. The number of benzene rings is 1. The van der Waals surface area contributed by atoms with E-state index in [1.165, 1.54) is 6.26 Å². The fourth-order valence-electron chi connectivity index (χ4n) is 1.98. The Bertz CT molecular complexity index is 827. The summed E-state index contributed by atoms with van der Waals surface area (Å²) in [6, 6.07) is 10.2. The number of pyridine rings is 1. The summed E-state index contributed by atoms with van der Waals surface area (Å²) in [5.74, 6) is 0.565. The first-order valence-electron chi connectivity index (χ1n) is 6.01. The van der Waals surface area contributed by atoms with Crippen molar-refractivity contribution in [2.24, 2.45) is 0 Å². The van der Waals surface area contributed by atoms with E-state index in [4.69, 9.17) is 4.42 Å². The highest BCUT2D eigenvalue weighted by Gasteiger charge is 2.17. The first-order chi connectivity index (χ1) is 9.67. The minimum Gasteiger partial charge on any atom is -0.468 e. The summed E-state index contributed by atoms with van der Waals surface area (Å²) in [6.07, 6.45) is 4.72. The van der Waals surface area contributed by atoms with Crippen molar-refractivity contribution in [1.82, 2.24) is 9.71 Å². The van der Waals surface area contributed by atoms with E-state index in [-0.39, 0.29) is 23.8 Å². The van der Waals surface area contributed by atoms with Gasteiger partial charge in [-0.15, -0.1) is 12.4 Å². The third-order valence-electron chi connectivity index (χ3n) is 2.95. The van der Waals surface area contributed by atoms with Gasteiger partial charge in [0.15, 0.2) is 0 Å². The molecule has 1 aromatic carbocycles. The van der Waals surface area contributed by atoms with Crippen LogP contribution in [0.15, 0.2) is 64.4 Å². The molecule has 0 spiro atoms. The van der Waals surface area contributed by atoms with Crippen molar-refractivity contribution in [3.05, 3.63) is 60.8 Å². The lowest BCUT2D eigenvalue weighted by molar-refractivity contribution is 0.499. The molecule has 5 nitrogen and oxygen atoms in total. The molecule has 2 heterocycles. The van der Waals surface area contributed by atoms with Gasteiger partial charge in [0.2, 0.25) is 10.0 Å². The van der Waals surface area contributed by atoms with Crippen molar-refractivity contribution >= 4 is 33.2 Å².